The first-order chi connectivity index (χ1) is 8.16. The molecule has 3 rings (SSSR count). The van der Waals surface area contributed by atoms with E-state index in [-0.39, 0.29) is 11.9 Å². The molecule has 0 fully saturated rings. The number of hydrogen-bond acceptors (Lipinski definition) is 1. The average molecular weight is 247 g/mol. The van der Waals surface area contributed by atoms with Gasteiger partial charge in [-0.3, -0.25) is 4.79 Å². The molecule has 1 aliphatic heterocycles. The van der Waals surface area contributed by atoms with E-state index in [1.807, 2.05) is 48.1 Å². The number of nitrogens with zero attached hydrogens (tertiary/aromatic N) is 1. The highest BCUT2D eigenvalue weighted by molar-refractivity contribution is 6.30. The standard InChI is InChI=1S/C13H11ClN2O/c1-16-7-6-10-12(16)11(15-13(10)17)8-2-4-9(14)5-3-8/h2-7,11H,1H3,(H,15,17)/t11-/m1/s1. The number of rotatable bonds is 1. The lowest BCUT2D eigenvalue weighted by Crippen LogP contribution is -2.21. The van der Waals surface area contributed by atoms with Crippen molar-refractivity contribution >= 4 is 17.5 Å². The number of halogens is 1. The Labute approximate surface area is 104 Å². The zero-order valence-corrected chi connectivity index (χ0v) is 10.0. The summed E-state index contributed by atoms with van der Waals surface area (Å²) in [6.45, 7) is 0. The Bertz CT molecular complexity index is 586. The number of hydrogen-bond donors (Lipinski definition) is 1. The molecule has 1 atom stereocenters. The van der Waals surface area contributed by atoms with Gasteiger partial charge in [0, 0.05) is 18.3 Å². The second kappa shape index (κ2) is 3.64. The van der Waals surface area contributed by atoms with Gasteiger partial charge in [-0.2, -0.15) is 0 Å². The highest BCUT2D eigenvalue weighted by Gasteiger charge is 2.31. The normalized spacial score (nSPS) is 18.0. The second-order valence-corrected chi connectivity index (χ2v) is 4.62. The topological polar surface area (TPSA) is 34.0 Å². The Morgan fingerprint density at radius 1 is 1.24 bits per heavy atom. The average Bonchev–Trinajstić information content (AvgIpc) is 2.83. The van der Waals surface area contributed by atoms with Crippen molar-refractivity contribution in [2.24, 2.45) is 7.05 Å². The molecule has 2 aromatic rings. The Hall–Kier alpha value is -1.74. The van der Waals surface area contributed by atoms with Gasteiger partial charge in [-0.1, -0.05) is 23.7 Å². The van der Waals surface area contributed by atoms with Crippen LogP contribution in [0.15, 0.2) is 36.5 Å². The number of aromatic nitrogens is 1. The van der Waals surface area contributed by atoms with Crippen molar-refractivity contribution < 1.29 is 4.79 Å². The van der Waals surface area contributed by atoms with Crippen molar-refractivity contribution in [1.29, 1.82) is 0 Å². The zero-order valence-electron chi connectivity index (χ0n) is 9.27. The number of carbonyl (C=O) groups excluding carboxylic acids is 1. The van der Waals surface area contributed by atoms with E-state index in [2.05, 4.69) is 5.32 Å². The Morgan fingerprint density at radius 3 is 2.65 bits per heavy atom. The van der Waals surface area contributed by atoms with E-state index in [1.54, 1.807) is 0 Å². The lowest BCUT2D eigenvalue weighted by molar-refractivity contribution is 0.0960. The summed E-state index contributed by atoms with van der Waals surface area (Å²) in [5.74, 6) is -0.0134. The van der Waals surface area contributed by atoms with Gasteiger partial charge in [0.15, 0.2) is 0 Å². The smallest absolute Gasteiger partial charge is 0.254 e. The quantitative estimate of drug-likeness (QED) is 0.824. The summed E-state index contributed by atoms with van der Waals surface area (Å²) in [4.78, 5) is 11.8. The maximum Gasteiger partial charge on any atom is 0.254 e. The van der Waals surface area contributed by atoms with Gasteiger partial charge < -0.3 is 9.88 Å². The molecule has 0 unspecified atom stereocenters. The second-order valence-electron chi connectivity index (χ2n) is 4.18. The van der Waals surface area contributed by atoms with Gasteiger partial charge in [0.05, 0.1) is 17.3 Å². The minimum absolute atomic E-state index is 0.0134. The van der Waals surface area contributed by atoms with Crippen LogP contribution in [0.1, 0.15) is 27.7 Å². The molecule has 2 heterocycles. The van der Waals surface area contributed by atoms with E-state index >= 15 is 0 Å². The van der Waals surface area contributed by atoms with Crippen molar-refractivity contribution in [3.05, 3.63) is 58.4 Å². The molecule has 0 bridgehead atoms. The van der Waals surface area contributed by atoms with Gasteiger partial charge in [0.25, 0.3) is 5.91 Å². The third-order valence-corrected chi connectivity index (χ3v) is 3.37. The Morgan fingerprint density at radius 2 is 1.94 bits per heavy atom. The molecule has 1 aliphatic rings. The maximum absolute atomic E-state index is 11.8. The van der Waals surface area contributed by atoms with E-state index in [0.29, 0.717) is 5.02 Å². The predicted octanol–water partition coefficient (Wildman–Crippen LogP) is 2.51. The van der Waals surface area contributed by atoms with Crippen LogP contribution in [0.25, 0.3) is 0 Å². The van der Waals surface area contributed by atoms with E-state index in [1.165, 1.54) is 0 Å². The molecule has 86 valence electrons. The van der Waals surface area contributed by atoms with E-state index < -0.39 is 0 Å². The van der Waals surface area contributed by atoms with Crippen molar-refractivity contribution in [2.45, 2.75) is 6.04 Å². The molecule has 1 amide bonds. The fourth-order valence-corrected chi connectivity index (χ4v) is 2.39. The molecule has 0 spiro atoms. The number of amides is 1. The van der Waals surface area contributed by atoms with Gasteiger partial charge >= 0.3 is 0 Å². The first kappa shape index (κ1) is 10.4. The summed E-state index contributed by atoms with van der Waals surface area (Å²) < 4.78 is 1.98. The minimum Gasteiger partial charge on any atom is -0.352 e. The Balaban J connectivity index is 2.09. The summed E-state index contributed by atoms with van der Waals surface area (Å²) in [5.41, 5.74) is 2.81. The lowest BCUT2D eigenvalue weighted by Gasteiger charge is -2.13. The Kier molecular flexibility index (Phi) is 2.23. The van der Waals surface area contributed by atoms with Crippen LogP contribution >= 0.6 is 11.6 Å². The maximum atomic E-state index is 11.8. The highest BCUT2D eigenvalue weighted by Crippen LogP contribution is 2.31. The van der Waals surface area contributed by atoms with Crippen LogP contribution in [0.4, 0.5) is 0 Å². The van der Waals surface area contributed by atoms with Crippen molar-refractivity contribution in [3.8, 4) is 0 Å². The molecule has 0 saturated carbocycles. The molecule has 1 N–H and O–H groups in total. The van der Waals surface area contributed by atoms with Crippen LogP contribution in [0.2, 0.25) is 5.02 Å². The number of aryl methyl sites for hydroxylation is 1. The fraction of sp³-hybridized carbons (Fsp3) is 0.154. The van der Waals surface area contributed by atoms with E-state index in [9.17, 15) is 4.79 Å². The van der Waals surface area contributed by atoms with Crippen LogP contribution in [0.3, 0.4) is 0 Å². The van der Waals surface area contributed by atoms with Crippen LogP contribution in [0.5, 0.6) is 0 Å². The summed E-state index contributed by atoms with van der Waals surface area (Å²) in [6, 6.07) is 9.33. The summed E-state index contributed by atoms with van der Waals surface area (Å²) in [7, 11) is 1.95. The fourth-order valence-electron chi connectivity index (χ4n) is 2.27. The number of benzene rings is 1. The third kappa shape index (κ3) is 1.54. The molecule has 0 radical (unpaired) electrons. The zero-order chi connectivity index (χ0) is 12.0. The van der Waals surface area contributed by atoms with Crippen LogP contribution in [-0.4, -0.2) is 10.5 Å². The molecular weight excluding hydrogens is 236 g/mol. The van der Waals surface area contributed by atoms with Crippen molar-refractivity contribution in [3.63, 3.8) is 0 Å². The molecule has 17 heavy (non-hydrogen) atoms. The monoisotopic (exact) mass is 246 g/mol. The molecule has 3 nitrogen and oxygen atoms in total. The van der Waals surface area contributed by atoms with Crippen molar-refractivity contribution in [1.82, 2.24) is 9.88 Å². The summed E-state index contributed by atoms with van der Waals surface area (Å²) in [6.07, 6.45) is 1.91. The first-order valence-electron chi connectivity index (χ1n) is 5.38. The lowest BCUT2D eigenvalue weighted by atomic mass is 10.0. The molecule has 0 aliphatic carbocycles. The van der Waals surface area contributed by atoms with Crippen LogP contribution in [0, 0.1) is 0 Å². The molecule has 1 aromatic carbocycles. The summed E-state index contributed by atoms with van der Waals surface area (Å²) in [5, 5.41) is 3.67. The number of carbonyl (C=O) groups is 1. The third-order valence-electron chi connectivity index (χ3n) is 3.12. The van der Waals surface area contributed by atoms with E-state index in [0.717, 1.165) is 16.8 Å². The van der Waals surface area contributed by atoms with Crippen molar-refractivity contribution in [2.75, 3.05) is 0 Å². The number of fused-ring (bicyclic) bond motifs is 1. The summed E-state index contributed by atoms with van der Waals surface area (Å²) >= 11 is 5.86. The molecule has 0 saturated heterocycles. The molecule has 1 aromatic heterocycles. The van der Waals surface area contributed by atoms with Crippen LogP contribution < -0.4 is 5.32 Å². The number of nitrogens with one attached hydrogen (secondary N) is 1. The molecular formula is C13H11ClN2O. The van der Waals surface area contributed by atoms with Crippen LogP contribution in [-0.2, 0) is 7.05 Å². The first-order valence-corrected chi connectivity index (χ1v) is 5.76. The van der Waals surface area contributed by atoms with E-state index in [4.69, 9.17) is 11.6 Å². The van der Waals surface area contributed by atoms with Gasteiger partial charge in [-0.05, 0) is 23.8 Å². The highest BCUT2D eigenvalue weighted by atomic mass is 35.5. The van der Waals surface area contributed by atoms with Gasteiger partial charge in [-0.25, -0.2) is 0 Å². The largest absolute Gasteiger partial charge is 0.352 e. The van der Waals surface area contributed by atoms with Gasteiger partial charge in [-0.15, -0.1) is 0 Å². The molecule has 4 heteroatoms. The minimum atomic E-state index is -0.0743. The van der Waals surface area contributed by atoms with Gasteiger partial charge in [0.1, 0.15) is 0 Å². The SMILES string of the molecule is Cn1ccc2c1[C@@H](c1ccc(Cl)cc1)NC2=O. The van der Waals surface area contributed by atoms with Gasteiger partial charge in [0.2, 0.25) is 0 Å². The predicted molar refractivity (Wildman–Crippen MR) is 66.2 cm³/mol.